The van der Waals surface area contributed by atoms with Gasteiger partial charge in [0.2, 0.25) is 5.91 Å². The van der Waals surface area contributed by atoms with Gasteiger partial charge in [0.05, 0.1) is 0 Å². The molecule has 2 heteroatoms. The highest BCUT2D eigenvalue weighted by Gasteiger charge is 2.16. The summed E-state index contributed by atoms with van der Waals surface area (Å²) < 4.78 is 0. The molecule has 0 saturated carbocycles. The van der Waals surface area contributed by atoms with Gasteiger partial charge in [-0.05, 0) is 19.3 Å². The smallest absolute Gasteiger partial charge is 0.222 e. The minimum atomic E-state index is 0.392. The van der Waals surface area contributed by atoms with Crippen LogP contribution in [0.4, 0.5) is 0 Å². The topological polar surface area (TPSA) is 20.3 Å². The number of amides is 1. The molecular formula is C18H35NO. The lowest BCUT2D eigenvalue weighted by atomic mass is 10.1. The van der Waals surface area contributed by atoms with E-state index in [-0.39, 0.29) is 0 Å². The van der Waals surface area contributed by atoms with Crippen LogP contribution < -0.4 is 0 Å². The Morgan fingerprint density at radius 2 is 1.35 bits per heavy atom. The first-order valence-electron chi connectivity index (χ1n) is 9.12. The van der Waals surface area contributed by atoms with Crippen LogP contribution in [0.15, 0.2) is 0 Å². The van der Waals surface area contributed by atoms with Crippen LogP contribution in [-0.2, 0) is 4.79 Å². The van der Waals surface area contributed by atoms with Gasteiger partial charge in [0.15, 0.2) is 0 Å². The van der Waals surface area contributed by atoms with Gasteiger partial charge in [0.25, 0.3) is 0 Å². The molecule has 1 amide bonds. The SMILES string of the molecule is CCCCCCCCCCCCCN1CCCCC1=O. The molecule has 0 bridgehead atoms. The van der Waals surface area contributed by atoms with Crippen molar-refractivity contribution >= 4 is 5.91 Å². The van der Waals surface area contributed by atoms with Crippen molar-refractivity contribution in [2.24, 2.45) is 0 Å². The van der Waals surface area contributed by atoms with Gasteiger partial charge >= 0.3 is 0 Å². The van der Waals surface area contributed by atoms with E-state index in [9.17, 15) is 4.79 Å². The molecule has 1 heterocycles. The summed E-state index contributed by atoms with van der Waals surface area (Å²) in [6, 6.07) is 0. The molecule has 0 aliphatic carbocycles. The van der Waals surface area contributed by atoms with Crippen LogP contribution in [-0.4, -0.2) is 23.9 Å². The van der Waals surface area contributed by atoms with Gasteiger partial charge in [-0.1, -0.05) is 71.1 Å². The number of carbonyl (C=O) groups is 1. The summed E-state index contributed by atoms with van der Waals surface area (Å²) in [5, 5.41) is 0. The maximum absolute atomic E-state index is 11.6. The van der Waals surface area contributed by atoms with E-state index in [1.807, 2.05) is 0 Å². The number of piperidine rings is 1. The first-order valence-corrected chi connectivity index (χ1v) is 9.12. The van der Waals surface area contributed by atoms with E-state index < -0.39 is 0 Å². The number of rotatable bonds is 12. The summed E-state index contributed by atoms with van der Waals surface area (Å²) in [6.07, 6.45) is 18.3. The predicted octanol–water partition coefficient (Wildman–Crippen LogP) is 5.31. The molecule has 0 aromatic heterocycles. The van der Waals surface area contributed by atoms with Gasteiger partial charge in [-0.3, -0.25) is 4.79 Å². The van der Waals surface area contributed by atoms with Gasteiger partial charge in [0, 0.05) is 19.5 Å². The minimum Gasteiger partial charge on any atom is -0.343 e. The van der Waals surface area contributed by atoms with E-state index in [2.05, 4.69) is 11.8 Å². The lowest BCUT2D eigenvalue weighted by Crippen LogP contribution is -2.35. The molecule has 0 radical (unpaired) electrons. The minimum absolute atomic E-state index is 0.392. The van der Waals surface area contributed by atoms with Crippen LogP contribution in [0.2, 0.25) is 0 Å². The Bertz CT molecular complexity index is 240. The molecule has 0 aromatic rings. The molecule has 0 aromatic carbocycles. The monoisotopic (exact) mass is 281 g/mol. The zero-order valence-electron chi connectivity index (χ0n) is 13.7. The van der Waals surface area contributed by atoms with Crippen molar-refractivity contribution < 1.29 is 4.79 Å². The van der Waals surface area contributed by atoms with E-state index >= 15 is 0 Å². The summed E-state index contributed by atoms with van der Waals surface area (Å²) in [5.41, 5.74) is 0. The van der Waals surface area contributed by atoms with Crippen LogP contribution in [0.1, 0.15) is 96.8 Å². The molecule has 2 nitrogen and oxygen atoms in total. The Morgan fingerprint density at radius 1 is 0.800 bits per heavy atom. The zero-order valence-corrected chi connectivity index (χ0v) is 13.7. The summed E-state index contributed by atoms with van der Waals surface area (Å²) in [5.74, 6) is 0.392. The Hall–Kier alpha value is -0.530. The van der Waals surface area contributed by atoms with Crippen molar-refractivity contribution in [2.45, 2.75) is 96.8 Å². The molecule has 118 valence electrons. The standard InChI is InChI=1S/C18H35NO/c1-2-3-4-5-6-7-8-9-10-11-13-16-19-17-14-12-15-18(19)20/h2-17H2,1H3. The fourth-order valence-corrected chi connectivity index (χ4v) is 3.07. The lowest BCUT2D eigenvalue weighted by Gasteiger charge is -2.26. The molecule has 0 atom stereocenters. The largest absolute Gasteiger partial charge is 0.343 e. The van der Waals surface area contributed by atoms with E-state index in [0.29, 0.717) is 5.91 Å². The Labute approximate surface area is 126 Å². The summed E-state index contributed by atoms with van der Waals surface area (Å²) in [7, 11) is 0. The van der Waals surface area contributed by atoms with Crippen molar-refractivity contribution in [3.8, 4) is 0 Å². The molecule has 1 aliphatic rings. The Kier molecular flexibility index (Phi) is 10.7. The molecule has 0 spiro atoms. The Balaban J connectivity index is 1.79. The van der Waals surface area contributed by atoms with Crippen LogP contribution in [0.25, 0.3) is 0 Å². The van der Waals surface area contributed by atoms with E-state index in [4.69, 9.17) is 0 Å². The quantitative estimate of drug-likeness (QED) is 0.444. The normalized spacial score (nSPS) is 15.8. The van der Waals surface area contributed by atoms with Crippen LogP contribution in [0, 0.1) is 0 Å². The average Bonchev–Trinajstić information content (AvgIpc) is 2.46. The van der Waals surface area contributed by atoms with Crippen molar-refractivity contribution in [1.29, 1.82) is 0 Å². The molecule has 0 N–H and O–H groups in total. The maximum Gasteiger partial charge on any atom is 0.222 e. The fraction of sp³-hybridized carbons (Fsp3) is 0.944. The third-order valence-corrected chi connectivity index (χ3v) is 4.45. The van der Waals surface area contributed by atoms with Gasteiger partial charge in [-0.15, -0.1) is 0 Å². The second-order valence-corrected chi connectivity index (χ2v) is 6.37. The van der Waals surface area contributed by atoms with Crippen LogP contribution >= 0.6 is 0 Å². The number of likely N-dealkylation sites (tertiary alicyclic amines) is 1. The van der Waals surface area contributed by atoms with Gasteiger partial charge in [0.1, 0.15) is 0 Å². The number of nitrogens with zero attached hydrogens (tertiary/aromatic N) is 1. The summed E-state index contributed by atoms with van der Waals surface area (Å²) in [4.78, 5) is 13.7. The molecule has 1 aliphatic heterocycles. The summed E-state index contributed by atoms with van der Waals surface area (Å²) in [6.45, 7) is 4.30. The number of hydrogen-bond acceptors (Lipinski definition) is 1. The molecule has 1 saturated heterocycles. The highest BCUT2D eigenvalue weighted by atomic mass is 16.2. The lowest BCUT2D eigenvalue weighted by molar-refractivity contribution is -0.133. The first kappa shape index (κ1) is 17.5. The number of carbonyl (C=O) groups excluding carboxylic acids is 1. The highest BCUT2D eigenvalue weighted by Crippen LogP contribution is 2.14. The van der Waals surface area contributed by atoms with Crippen LogP contribution in [0.3, 0.4) is 0 Å². The third kappa shape index (κ3) is 8.60. The fourth-order valence-electron chi connectivity index (χ4n) is 3.07. The van der Waals surface area contributed by atoms with E-state index in [1.54, 1.807) is 0 Å². The zero-order chi connectivity index (χ0) is 14.5. The third-order valence-electron chi connectivity index (χ3n) is 4.45. The second kappa shape index (κ2) is 12.2. The van der Waals surface area contributed by atoms with E-state index in [0.717, 1.165) is 25.9 Å². The van der Waals surface area contributed by atoms with Crippen LogP contribution in [0.5, 0.6) is 0 Å². The summed E-state index contributed by atoms with van der Waals surface area (Å²) >= 11 is 0. The first-order chi connectivity index (χ1) is 9.84. The van der Waals surface area contributed by atoms with Gasteiger partial charge in [-0.2, -0.15) is 0 Å². The van der Waals surface area contributed by atoms with Crippen molar-refractivity contribution in [3.63, 3.8) is 0 Å². The maximum atomic E-state index is 11.6. The number of hydrogen-bond donors (Lipinski definition) is 0. The predicted molar refractivity (Wildman–Crippen MR) is 86.9 cm³/mol. The second-order valence-electron chi connectivity index (χ2n) is 6.37. The highest BCUT2D eigenvalue weighted by molar-refractivity contribution is 5.76. The molecule has 20 heavy (non-hydrogen) atoms. The molecule has 0 unspecified atom stereocenters. The van der Waals surface area contributed by atoms with Crippen molar-refractivity contribution in [1.82, 2.24) is 4.90 Å². The van der Waals surface area contributed by atoms with Gasteiger partial charge < -0.3 is 4.90 Å². The molecule has 1 rings (SSSR count). The molecule has 1 fully saturated rings. The molecular weight excluding hydrogens is 246 g/mol. The average molecular weight is 281 g/mol. The Morgan fingerprint density at radius 3 is 1.90 bits per heavy atom. The van der Waals surface area contributed by atoms with Crippen molar-refractivity contribution in [2.75, 3.05) is 13.1 Å². The number of unbranched alkanes of at least 4 members (excludes halogenated alkanes) is 10. The van der Waals surface area contributed by atoms with E-state index in [1.165, 1.54) is 77.0 Å². The van der Waals surface area contributed by atoms with Gasteiger partial charge in [-0.25, -0.2) is 0 Å². The van der Waals surface area contributed by atoms with Crippen molar-refractivity contribution in [3.05, 3.63) is 0 Å².